The number of aryl methyl sites for hydroxylation is 1. The van der Waals surface area contributed by atoms with Gasteiger partial charge in [-0.1, -0.05) is 5.16 Å². The molecule has 1 aromatic heterocycles. The molecular formula is C10H17N5O3S. The third-order valence-corrected chi connectivity index (χ3v) is 4.80. The SMILES string of the molecule is Cc1ncc(S(=O)(=O)N(CCC(N)=NO)C2CC2)[nH]1. The first-order valence-electron chi connectivity index (χ1n) is 5.95. The lowest BCUT2D eigenvalue weighted by Gasteiger charge is -2.20. The van der Waals surface area contributed by atoms with E-state index in [-0.39, 0.29) is 29.9 Å². The molecular weight excluding hydrogens is 270 g/mol. The van der Waals surface area contributed by atoms with Crippen LogP contribution in [0.5, 0.6) is 0 Å². The molecule has 0 amide bonds. The number of aromatic amines is 1. The van der Waals surface area contributed by atoms with Crippen molar-refractivity contribution < 1.29 is 13.6 Å². The number of rotatable bonds is 6. The number of sulfonamides is 1. The monoisotopic (exact) mass is 287 g/mol. The highest BCUT2D eigenvalue weighted by Gasteiger charge is 2.38. The van der Waals surface area contributed by atoms with Crippen molar-refractivity contribution >= 4 is 15.9 Å². The zero-order valence-electron chi connectivity index (χ0n) is 10.6. The summed E-state index contributed by atoms with van der Waals surface area (Å²) in [5, 5.41) is 11.4. The molecule has 2 rings (SSSR count). The summed E-state index contributed by atoms with van der Waals surface area (Å²) in [5.41, 5.74) is 5.39. The maximum absolute atomic E-state index is 12.4. The number of hydrogen-bond donors (Lipinski definition) is 3. The number of H-pyrrole nitrogens is 1. The number of imidazole rings is 1. The molecule has 19 heavy (non-hydrogen) atoms. The predicted octanol–water partition coefficient (Wildman–Crippen LogP) is 0.00772. The van der Waals surface area contributed by atoms with Gasteiger partial charge in [0.05, 0.1) is 6.20 Å². The van der Waals surface area contributed by atoms with E-state index in [9.17, 15) is 8.42 Å². The van der Waals surface area contributed by atoms with E-state index < -0.39 is 10.0 Å². The molecule has 0 saturated heterocycles. The molecule has 0 radical (unpaired) electrons. The molecule has 106 valence electrons. The van der Waals surface area contributed by atoms with Crippen molar-refractivity contribution in [3.05, 3.63) is 12.0 Å². The van der Waals surface area contributed by atoms with Crippen LogP contribution in [0.15, 0.2) is 16.4 Å². The Bertz CT molecular complexity index is 576. The molecule has 9 heteroatoms. The fourth-order valence-corrected chi connectivity index (χ4v) is 3.44. The van der Waals surface area contributed by atoms with Gasteiger partial charge >= 0.3 is 0 Å². The van der Waals surface area contributed by atoms with Crippen LogP contribution >= 0.6 is 0 Å². The van der Waals surface area contributed by atoms with Gasteiger partial charge in [0.15, 0.2) is 5.03 Å². The van der Waals surface area contributed by atoms with Gasteiger partial charge in [0.25, 0.3) is 10.0 Å². The number of oxime groups is 1. The first kappa shape index (κ1) is 13.8. The van der Waals surface area contributed by atoms with Crippen LogP contribution < -0.4 is 5.73 Å². The van der Waals surface area contributed by atoms with E-state index >= 15 is 0 Å². The highest BCUT2D eigenvalue weighted by atomic mass is 32.2. The summed E-state index contributed by atoms with van der Waals surface area (Å²) in [7, 11) is -3.60. The van der Waals surface area contributed by atoms with E-state index in [1.807, 2.05) is 0 Å². The van der Waals surface area contributed by atoms with Crippen molar-refractivity contribution in [2.24, 2.45) is 10.9 Å². The highest BCUT2D eigenvalue weighted by molar-refractivity contribution is 7.89. The lowest BCUT2D eigenvalue weighted by atomic mass is 10.4. The number of nitrogens with two attached hydrogens (primary N) is 1. The fourth-order valence-electron chi connectivity index (χ4n) is 1.79. The van der Waals surface area contributed by atoms with Crippen molar-refractivity contribution in [2.75, 3.05) is 6.54 Å². The Hall–Kier alpha value is -1.61. The lowest BCUT2D eigenvalue weighted by molar-refractivity contribution is 0.315. The van der Waals surface area contributed by atoms with E-state index in [1.54, 1.807) is 6.92 Å². The van der Waals surface area contributed by atoms with Crippen LogP contribution in [0, 0.1) is 6.92 Å². The summed E-state index contributed by atoms with van der Waals surface area (Å²) in [6.07, 6.45) is 3.17. The number of nitrogens with zero attached hydrogens (tertiary/aromatic N) is 3. The molecule has 1 aliphatic carbocycles. The molecule has 0 aromatic carbocycles. The van der Waals surface area contributed by atoms with E-state index in [0.29, 0.717) is 5.82 Å². The van der Waals surface area contributed by atoms with E-state index in [4.69, 9.17) is 10.9 Å². The molecule has 0 bridgehead atoms. The molecule has 8 nitrogen and oxygen atoms in total. The van der Waals surface area contributed by atoms with Crippen LogP contribution in [0.4, 0.5) is 0 Å². The minimum atomic E-state index is -3.60. The normalized spacial score (nSPS) is 17.1. The first-order chi connectivity index (χ1) is 8.95. The number of amidine groups is 1. The summed E-state index contributed by atoms with van der Waals surface area (Å²) < 4.78 is 26.3. The van der Waals surface area contributed by atoms with E-state index in [0.717, 1.165) is 12.8 Å². The largest absolute Gasteiger partial charge is 0.409 e. The van der Waals surface area contributed by atoms with Crippen molar-refractivity contribution in [2.45, 2.75) is 37.3 Å². The Kier molecular flexibility index (Phi) is 3.76. The standard InChI is InChI=1S/C10H17N5O3S/c1-7-12-6-10(13-7)19(17,18)15(8-2-3-8)5-4-9(11)14-16/h6,8,16H,2-5H2,1H3,(H2,11,14)(H,12,13). The Labute approximate surface area is 111 Å². The van der Waals surface area contributed by atoms with Gasteiger partial charge in [-0.25, -0.2) is 13.4 Å². The zero-order valence-corrected chi connectivity index (χ0v) is 11.4. The molecule has 1 heterocycles. The molecule has 1 aliphatic rings. The van der Waals surface area contributed by atoms with Gasteiger partial charge in [-0.2, -0.15) is 4.31 Å². The predicted molar refractivity (Wildman–Crippen MR) is 68.3 cm³/mol. The lowest BCUT2D eigenvalue weighted by Crippen LogP contribution is -2.36. The Morgan fingerprint density at radius 1 is 1.68 bits per heavy atom. The summed E-state index contributed by atoms with van der Waals surface area (Å²) in [5.74, 6) is 0.562. The van der Waals surface area contributed by atoms with Crippen molar-refractivity contribution in [1.82, 2.24) is 14.3 Å². The first-order valence-corrected chi connectivity index (χ1v) is 7.39. The van der Waals surface area contributed by atoms with E-state index in [2.05, 4.69) is 15.1 Å². The van der Waals surface area contributed by atoms with Crippen molar-refractivity contribution in [1.29, 1.82) is 0 Å². The second-order valence-corrected chi connectivity index (χ2v) is 6.38. The highest BCUT2D eigenvalue weighted by Crippen LogP contribution is 2.31. The topological polar surface area (TPSA) is 125 Å². The van der Waals surface area contributed by atoms with Crippen LogP contribution in [-0.4, -0.2) is 46.3 Å². The van der Waals surface area contributed by atoms with Gasteiger partial charge in [0.1, 0.15) is 11.7 Å². The third-order valence-electron chi connectivity index (χ3n) is 2.94. The maximum atomic E-state index is 12.4. The van der Waals surface area contributed by atoms with Gasteiger partial charge in [0.2, 0.25) is 0 Å². The van der Waals surface area contributed by atoms with Gasteiger partial charge < -0.3 is 15.9 Å². The molecule has 1 saturated carbocycles. The average Bonchev–Trinajstić information content (AvgIpc) is 3.09. The smallest absolute Gasteiger partial charge is 0.260 e. The van der Waals surface area contributed by atoms with Crippen LogP contribution in [0.1, 0.15) is 25.1 Å². The summed E-state index contributed by atoms with van der Waals surface area (Å²) in [6.45, 7) is 1.89. The van der Waals surface area contributed by atoms with E-state index in [1.165, 1.54) is 10.5 Å². The van der Waals surface area contributed by atoms with Crippen LogP contribution in [-0.2, 0) is 10.0 Å². The van der Waals surface area contributed by atoms with Crippen LogP contribution in [0.25, 0.3) is 0 Å². The minimum absolute atomic E-state index is 0.0000916. The molecule has 0 aliphatic heterocycles. The zero-order chi connectivity index (χ0) is 14.0. The summed E-state index contributed by atoms with van der Waals surface area (Å²) >= 11 is 0. The molecule has 0 unspecified atom stereocenters. The number of aromatic nitrogens is 2. The Balaban J connectivity index is 2.18. The molecule has 0 atom stereocenters. The Morgan fingerprint density at radius 3 is 2.84 bits per heavy atom. The van der Waals surface area contributed by atoms with Crippen molar-refractivity contribution in [3.8, 4) is 0 Å². The Morgan fingerprint density at radius 2 is 2.37 bits per heavy atom. The summed E-state index contributed by atoms with van der Waals surface area (Å²) in [6, 6.07) is 0.0000916. The molecule has 1 aromatic rings. The van der Waals surface area contributed by atoms with Crippen LogP contribution in [0.3, 0.4) is 0 Å². The average molecular weight is 287 g/mol. The second-order valence-electron chi connectivity index (χ2n) is 4.52. The number of nitrogens with one attached hydrogen (secondary N) is 1. The van der Waals surface area contributed by atoms with Gasteiger partial charge in [0, 0.05) is 19.0 Å². The second kappa shape index (κ2) is 5.17. The third kappa shape index (κ3) is 3.04. The number of hydrogen-bond acceptors (Lipinski definition) is 5. The van der Waals surface area contributed by atoms with Gasteiger partial charge in [-0.3, -0.25) is 0 Å². The molecule has 1 fully saturated rings. The molecule has 4 N–H and O–H groups in total. The molecule has 0 spiro atoms. The fraction of sp³-hybridized carbons (Fsp3) is 0.600. The van der Waals surface area contributed by atoms with Gasteiger partial charge in [-0.05, 0) is 19.8 Å². The summed E-state index contributed by atoms with van der Waals surface area (Å²) in [4.78, 5) is 6.64. The quantitative estimate of drug-likeness (QED) is 0.294. The maximum Gasteiger partial charge on any atom is 0.260 e. The van der Waals surface area contributed by atoms with Gasteiger partial charge in [-0.15, -0.1) is 0 Å². The van der Waals surface area contributed by atoms with Crippen molar-refractivity contribution in [3.63, 3.8) is 0 Å². The van der Waals surface area contributed by atoms with Crippen LogP contribution in [0.2, 0.25) is 0 Å². The minimum Gasteiger partial charge on any atom is -0.409 e.